The maximum atomic E-state index is 5.94. The minimum Gasteiger partial charge on any atom is -0.464 e. The van der Waals surface area contributed by atoms with Gasteiger partial charge < -0.3 is 9.15 Å². The highest BCUT2D eigenvalue weighted by Crippen LogP contribution is 2.33. The first kappa shape index (κ1) is 16.7. The highest BCUT2D eigenvalue weighted by atomic mass is 32.1. The van der Waals surface area contributed by atoms with E-state index in [1.54, 1.807) is 6.20 Å². The van der Waals surface area contributed by atoms with Crippen molar-refractivity contribution in [3.05, 3.63) is 48.4 Å². The Morgan fingerprint density at radius 1 is 1.26 bits per heavy atom. The van der Waals surface area contributed by atoms with Crippen LogP contribution in [-0.4, -0.2) is 28.0 Å². The van der Waals surface area contributed by atoms with Crippen LogP contribution in [-0.2, 0) is 6.54 Å². The van der Waals surface area contributed by atoms with Crippen LogP contribution in [0.5, 0.6) is 10.9 Å². The molecule has 0 saturated carbocycles. The highest BCUT2D eigenvalue weighted by Gasteiger charge is 2.18. The average Bonchev–Trinajstić information content (AvgIpc) is 3.27. The van der Waals surface area contributed by atoms with Crippen molar-refractivity contribution in [3.63, 3.8) is 0 Å². The van der Waals surface area contributed by atoms with E-state index in [9.17, 15) is 0 Å². The van der Waals surface area contributed by atoms with Gasteiger partial charge >= 0.3 is 0 Å². The normalized spacial score (nSPS) is 16.3. The monoisotopic (exact) mass is 379 g/mol. The van der Waals surface area contributed by atoms with E-state index in [1.165, 1.54) is 42.8 Å². The summed E-state index contributed by atoms with van der Waals surface area (Å²) in [6.07, 6.45) is 6.19. The fourth-order valence-electron chi connectivity index (χ4n) is 3.60. The molecule has 1 aliphatic rings. The molecule has 6 heteroatoms. The lowest BCUT2D eigenvalue weighted by Gasteiger charge is -2.29. The first-order valence-electron chi connectivity index (χ1n) is 9.36. The maximum Gasteiger partial charge on any atom is 0.281 e. The van der Waals surface area contributed by atoms with Crippen LogP contribution in [0.25, 0.3) is 21.3 Å². The number of pyridine rings is 1. The van der Waals surface area contributed by atoms with E-state index in [0.29, 0.717) is 5.19 Å². The summed E-state index contributed by atoms with van der Waals surface area (Å²) in [7, 11) is 0. The van der Waals surface area contributed by atoms with Gasteiger partial charge in [-0.25, -0.2) is 4.98 Å². The zero-order chi connectivity index (χ0) is 18.2. The third-order valence-corrected chi connectivity index (χ3v) is 6.14. The average molecular weight is 379 g/mol. The van der Waals surface area contributed by atoms with Crippen LogP contribution < -0.4 is 4.74 Å². The van der Waals surface area contributed by atoms with Crippen LogP contribution in [0.2, 0.25) is 0 Å². The zero-order valence-electron chi connectivity index (χ0n) is 15.2. The number of fused-ring (bicyclic) bond motifs is 2. The van der Waals surface area contributed by atoms with E-state index in [1.807, 2.05) is 30.5 Å². The van der Waals surface area contributed by atoms with Crippen LogP contribution in [0.15, 0.2) is 47.2 Å². The van der Waals surface area contributed by atoms with Crippen molar-refractivity contribution < 1.29 is 9.15 Å². The van der Waals surface area contributed by atoms with E-state index < -0.39 is 0 Å². The number of piperidine rings is 1. The molecule has 1 aromatic carbocycles. The molecule has 0 N–H and O–H groups in total. The van der Waals surface area contributed by atoms with Crippen molar-refractivity contribution in [3.8, 4) is 10.9 Å². The second-order valence-electron chi connectivity index (χ2n) is 7.28. The summed E-state index contributed by atoms with van der Waals surface area (Å²) < 4.78 is 12.8. The summed E-state index contributed by atoms with van der Waals surface area (Å²) in [5.41, 5.74) is 2.82. The van der Waals surface area contributed by atoms with Gasteiger partial charge in [-0.1, -0.05) is 18.3 Å². The first-order chi connectivity index (χ1) is 13.2. The summed E-state index contributed by atoms with van der Waals surface area (Å²) >= 11 is 1.49. The second-order valence-corrected chi connectivity index (χ2v) is 8.28. The Kier molecular flexibility index (Phi) is 4.30. The van der Waals surface area contributed by atoms with Crippen LogP contribution in [0.3, 0.4) is 0 Å². The third-order valence-electron chi connectivity index (χ3n) is 5.25. The molecule has 0 bridgehead atoms. The molecule has 0 radical (unpaired) electrons. The Morgan fingerprint density at radius 2 is 2.15 bits per heavy atom. The zero-order valence-corrected chi connectivity index (χ0v) is 16.0. The number of benzene rings is 1. The molecule has 1 fully saturated rings. The highest BCUT2D eigenvalue weighted by molar-refractivity contribution is 7.20. The Bertz CT molecular complexity index is 1050. The molecule has 138 valence electrons. The van der Waals surface area contributed by atoms with Gasteiger partial charge in [-0.2, -0.15) is 4.98 Å². The van der Waals surface area contributed by atoms with Gasteiger partial charge in [0.15, 0.2) is 5.65 Å². The lowest BCUT2D eigenvalue weighted by atomic mass is 9.99. The van der Waals surface area contributed by atoms with Crippen molar-refractivity contribution in [2.45, 2.75) is 26.3 Å². The summed E-state index contributed by atoms with van der Waals surface area (Å²) in [4.78, 5) is 11.2. The molecule has 0 atom stereocenters. The lowest BCUT2D eigenvalue weighted by molar-refractivity contribution is 0.185. The topological polar surface area (TPSA) is 51.4 Å². The van der Waals surface area contributed by atoms with Gasteiger partial charge in [-0.3, -0.25) is 4.90 Å². The minimum atomic E-state index is 0.595. The number of nitrogens with zero attached hydrogens (tertiary/aromatic N) is 3. The summed E-state index contributed by atoms with van der Waals surface area (Å²) in [6.45, 7) is 5.62. The van der Waals surface area contributed by atoms with Crippen LogP contribution in [0.1, 0.15) is 25.3 Å². The Hall–Kier alpha value is -2.44. The Balaban J connectivity index is 1.35. The SMILES string of the molecule is CC1CCN(Cc2coc3cc(Oc4nc5ncccc5s4)ccc23)CC1. The maximum absolute atomic E-state index is 5.94. The van der Waals surface area contributed by atoms with Gasteiger partial charge in [0, 0.05) is 29.8 Å². The van der Waals surface area contributed by atoms with E-state index in [0.717, 1.165) is 39.5 Å². The molecule has 4 heterocycles. The van der Waals surface area contributed by atoms with Gasteiger partial charge in [-0.15, -0.1) is 0 Å². The molecule has 3 aromatic heterocycles. The molecule has 1 saturated heterocycles. The molecule has 5 nitrogen and oxygen atoms in total. The molecule has 0 spiro atoms. The fraction of sp³-hybridized carbons (Fsp3) is 0.333. The molecule has 0 amide bonds. The van der Waals surface area contributed by atoms with Gasteiger partial charge in [0.2, 0.25) is 0 Å². The molecular formula is C21H21N3O2S. The molecule has 0 unspecified atom stereocenters. The number of aromatic nitrogens is 2. The standard InChI is InChI=1S/C21H21N3O2S/c1-14-6-9-24(10-7-14)12-15-13-25-18-11-16(4-5-17(15)18)26-21-23-20-19(27-21)3-2-8-22-20/h2-5,8,11,13-14H,6-7,9-10,12H2,1H3. The predicted molar refractivity (Wildman–Crippen MR) is 107 cm³/mol. The second kappa shape index (κ2) is 6.94. The third kappa shape index (κ3) is 3.42. The van der Waals surface area contributed by atoms with Crippen molar-refractivity contribution >= 4 is 32.7 Å². The van der Waals surface area contributed by atoms with Crippen molar-refractivity contribution in [1.82, 2.24) is 14.9 Å². The van der Waals surface area contributed by atoms with E-state index in [2.05, 4.69) is 27.9 Å². The van der Waals surface area contributed by atoms with Crippen LogP contribution >= 0.6 is 11.3 Å². The van der Waals surface area contributed by atoms with E-state index in [-0.39, 0.29) is 0 Å². The van der Waals surface area contributed by atoms with Crippen molar-refractivity contribution in [1.29, 1.82) is 0 Å². The minimum absolute atomic E-state index is 0.595. The van der Waals surface area contributed by atoms with E-state index in [4.69, 9.17) is 9.15 Å². The quantitative estimate of drug-likeness (QED) is 0.471. The van der Waals surface area contributed by atoms with Crippen molar-refractivity contribution in [2.24, 2.45) is 5.92 Å². The molecular weight excluding hydrogens is 358 g/mol. The van der Waals surface area contributed by atoms with Gasteiger partial charge in [0.05, 0.1) is 11.0 Å². The van der Waals surface area contributed by atoms with Crippen LogP contribution in [0, 0.1) is 5.92 Å². The first-order valence-corrected chi connectivity index (χ1v) is 10.2. The lowest BCUT2D eigenvalue weighted by Crippen LogP contribution is -2.32. The van der Waals surface area contributed by atoms with Crippen molar-refractivity contribution in [2.75, 3.05) is 13.1 Å². The number of likely N-dealkylation sites (tertiary alicyclic amines) is 1. The van der Waals surface area contributed by atoms with E-state index >= 15 is 0 Å². The molecule has 27 heavy (non-hydrogen) atoms. The Morgan fingerprint density at radius 3 is 3.00 bits per heavy atom. The number of ether oxygens (including phenoxy) is 1. The fourth-order valence-corrected chi connectivity index (χ4v) is 4.40. The number of thiazole rings is 1. The Labute approximate surface area is 161 Å². The smallest absolute Gasteiger partial charge is 0.281 e. The molecule has 4 aromatic rings. The number of hydrogen-bond acceptors (Lipinski definition) is 6. The number of hydrogen-bond donors (Lipinski definition) is 0. The molecule has 1 aliphatic heterocycles. The molecule has 0 aliphatic carbocycles. The largest absolute Gasteiger partial charge is 0.464 e. The summed E-state index contributed by atoms with van der Waals surface area (Å²) in [5, 5.41) is 1.75. The van der Waals surface area contributed by atoms with Gasteiger partial charge in [0.1, 0.15) is 11.3 Å². The van der Waals surface area contributed by atoms with Crippen LogP contribution in [0.4, 0.5) is 0 Å². The summed E-state index contributed by atoms with van der Waals surface area (Å²) in [5.74, 6) is 1.58. The van der Waals surface area contributed by atoms with Gasteiger partial charge in [0.25, 0.3) is 5.19 Å². The summed E-state index contributed by atoms with van der Waals surface area (Å²) in [6, 6.07) is 9.91. The molecule has 5 rings (SSSR count). The number of rotatable bonds is 4. The predicted octanol–water partition coefficient (Wildman–Crippen LogP) is 5.46. The van der Waals surface area contributed by atoms with Gasteiger partial charge in [-0.05, 0) is 56.1 Å². The number of furan rings is 1.